The monoisotopic (exact) mass is 215 g/mol. The lowest BCUT2D eigenvalue weighted by Gasteiger charge is -2.09. The lowest BCUT2D eigenvalue weighted by atomic mass is 10.1. The third-order valence-electron chi connectivity index (χ3n) is 2.24. The predicted octanol–water partition coefficient (Wildman–Crippen LogP) is 2.95. The molecule has 0 aliphatic heterocycles. The zero-order valence-electron chi connectivity index (χ0n) is 10.3. The molecule has 0 aliphatic rings. The molecule has 0 saturated carbocycles. The first kappa shape index (κ1) is 12.3. The van der Waals surface area contributed by atoms with E-state index in [4.69, 9.17) is 5.26 Å². The number of nitrogens with one attached hydrogen (secondary N) is 1. The molecule has 0 radical (unpaired) electrons. The van der Waals surface area contributed by atoms with Crippen LogP contribution in [0.4, 0.5) is 5.69 Å². The molecular weight excluding hydrogens is 198 g/mol. The third kappa shape index (κ3) is 3.09. The van der Waals surface area contributed by atoms with Crippen LogP contribution in [0.15, 0.2) is 17.7 Å². The molecule has 0 bridgehead atoms. The number of hydrogen-bond donors (Lipinski definition) is 1. The first-order valence-electron chi connectivity index (χ1n) is 5.30. The zero-order chi connectivity index (χ0) is 12.1. The Morgan fingerprint density at radius 2 is 2.19 bits per heavy atom. The molecule has 1 aromatic heterocycles. The van der Waals surface area contributed by atoms with Crippen molar-refractivity contribution in [2.75, 3.05) is 11.9 Å². The molecule has 0 unspecified atom stereocenters. The quantitative estimate of drug-likeness (QED) is 0.788. The van der Waals surface area contributed by atoms with E-state index in [1.54, 1.807) is 0 Å². The Bertz CT molecular complexity index is 449. The van der Waals surface area contributed by atoms with E-state index in [2.05, 4.69) is 36.3 Å². The summed E-state index contributed by atoms with van der Waals surface area (Å²) in [6.07, 6.45) is 2.09. The normalized spacial score (nSPS) is 9.44. The first-order chi connectivity index (χ1) is 7.54. The van der Waals surface area contributed by atoms with Gasteiger partial charge in [0.2, 0.25) is 0 Å². The van der Waals surface area contributed by atoms with Crippen LogP contribution in [0.2, 0.25) is 0 Å². The van der Waals surface area contributed by atoms with Crippen LogP contribution < -0.4 is 5.32 Å². The molecular formula is C13H17N3. The average Bonchev–Trinajstić information content (AvgIpc) is 2.16. The smallest absolute Gasteiger partial charge is 0.103 e. The highest BCUT2D eigenvalue weighted by atomic mass is 14.9. The van der Waals surface area contributed by atoms with Crippen molar-refractivity contribution < 1.29 is 0 Å². The number of aromatic nitrogens is 1. The highest BCUT2D eigenvalue weighted by Crippen LogP contribution is 2.18. The molecule has 84 valence electrons. The summed E-state index contributed by atoms with van der Waals surface area (Å²) < 4.78 is 0. The van der Waals surface area contributed by atoms with Crippen molar-refractivity contribution in [2.24, 2.45) is 0 Å². The van der Waals surface area contributed by atoms with E-state index in [1.165, 1.54) is 5.57 Å². The van der Waals surface area contributed by atoms with Gasteiger partial charge in [0.05, 0.1) is 16.9 Å². The second-order valence-electron chi connectivity index (χ2n) is 4.05. The second kappa shape index (κ2) is 5.32. The summed E-state index contributed by atoms with van der Waals surface area (Å²) in [6, 6.07) is 4.09. The number of hydrogen-bond acceptors (Lipinski definition) is 3. The number of nitriles is 1. The van der Waals surface area contributed by atoms with Gasteiger partial charge in [-0.25, -0.2) is 0 Å². The minimum absolute atomic E-state index is 0.632. The predicted molar refractivity (Wildman–Crippen MR) is 66.3 cm³/mol. The summed E-state index contributed by atoms with van der Waals surface area (Å²) >= 11 is 0. The molecule has 16 heavy (non-hydrogen) atoms. The van der Waals surface area contributed by atoms with E-state index in [-0.39, 0.29) is 0 Å². The van der Waals surface area contributed by atoms with E-state index in [1.807, 2.05) is 19.9 Å². The SMILES string of the molecule is CC(C)=CCNc1cc(C)nc(C)c1C#N. The molecule has 0 aromatic carbocycles. The third-order valence-corrected chi connectivity index (χ3v) is 2.24. The van der Waals surface area contributed by atoms with Crippen molar-refractivity contribution in [2.45, 2.75) is 27.7 Å². The van der Waals surface area contributed by atoms with Crippen LogP contribution in [0, 0.1) is 25.2 Å². The number of allylic oxidation sites excluding steroid dienone is 1. The van der Waals surface area contributed by atoms with Crippen molar-refractivity contribution in [1.29, 1.82) is 5.26 Å². The summed E-state index contributed by atoms with van der Waals surface area (Å²) in [5.74, 6) is 0. The van der Waals surface area contributed by atoms with Gasteiger partial charge in [0.15, 0.2) is 0 Å². The Kier molecular flexibility index (Phi) is 4.07. The molecule has 0 aliphatic carbocycles. The maximum atomic E-state index is 9.05. The average molecular weight is 215 g/mol. The van der Waals surface area contributed by atoms with Crippen molar-refractivity contribution in [3.05, 3.63) is 34.7 Å². The van der Waals surface area contributed by atoms with Gasteiger partial charge in [0.1, 0.15) is 6.07 Å². The number of anilines is 1. The van der Waals surface area contributed by atoms with Crippen molar-refractivity contribution in [1.82, 2.24) is 4.98 Å². The molecule has 0 amide bonds. The number of aryl methyl sites for hydroxylation is 2. The molecule has 0 spiro atoms. The Hall–Kier alpha value is -1.82. The highest BCUT2D eigenvalue weighted by Gasteiger charge is 2.06. The lowest BCUT2D eigenvalue weighted by Crippen LogP contribution is -2.04. The van der Waals surface area contributed by atoms with Gasteiger partial charge in [0.25, 0.3) is 0 Å². The van der Waals surface area contributed by atoms with E-state index >= 15 is 0 Å². The Morgan fingerprint density at radius 3 is 2.75 bits per heavy atom. The molecule has 1 heterocycles. The Morgan fingerprint density at radius 1 is 1.50 bits per heavy atom. The maximum Gasteiger partial charge on any atom is 0.103 e. The van der Waals surface area contributed by atoms with Gasteiger partial charge in [-0.3, -0.25) is 4.98 Å². The summed E-state index contributed by atoms with van der Waals surface area (Å²) in [4.78, 5) is 4.27. The van der Waals surface area contributed by atoms with Crippen molar-refractivity contribution >= 4 is 5.69 Å². The van der Waals surface area contributed by atoms with Crippen molar-refractivity contribution in [3.8, 4) is 6.07 Å². The molecule has 3 nitrogen and oxygen atoms in total. The second-order valence-corrected chi connectivity index (χ2v) is 4.05. The van der Waals surface area contributed by atoms with Crippen LogP contribution in [-0.2, 0) is 0 Å². The molecule has 1 rings (SSSR count). The fourth-order valence-corrected chi connectivity index (χ4v) is 1.47. The van der Waals surface area contributed by atoms with E-state index < -0.39 is 0 Å². The largest absolute Gasteiger partial charge is 0.380 e. The number of rotatable bonds is 3. The molecule has 3 heteroatoms. The Labute approximate surface area is 96.8 Å². The van der Waals surface area contributed by atoms with Gasteiger partial charge in [-0.15, -0.1) is 0 Å². The van der Waals surface area contributed by atoms with Crippen LogP contribution in [-0.4, -0.2) is 11.5 Å². The van der Waals surface area contributed by atoms with Crippen LogP contribution >= 0.6 is 0 Å². The lowest BCUT2D eigenvalue weighted by molar-refractivity contribution is 1.10. The molecule has 0 fully saturated rings. The zero-order valence-corrected chi connectivity index (χ0v) is 10.3. The topological polar surface area (TPSA) is 48.7 Å². The minimum atomic E-state index is 0.632. The summed E-state index contributed by atoms with van der Waals surface area (Å²) in [5.41, 5.74) is 4.46. The van der Waals surface area contributed by atoms with Gasteiger partial charge in [-0.2, -0.15) is 5.26 Å². The van der Waals surface area contributed by atoms with Crippen molar-refractivity contribution in [3.63, 3.8) is 0 Å². The molecule has 0 atom stereocenters. The van der Waals surface area contributed by atoms with Crippen LogP contribution in [0.1, 0.15) is 30.8 Å². The van der Waals surface area contributed by atoms with Gasteiger partial charge in [-0.1, -0.05) is 11.6 Å². The summed E-state index contributed by atoms with van der Waals surface area (Å²) in [6.45, 7) is 8.63. The van der Waals surface area contributed by atoms with Gasteiger partial charge >= 0.3 is 0 Å². The molecule has 0 saturated heterocycles. The fraction of sp³-hybridized carbons (Fsp3) is 0.385. The standard InChI is InChI=1S/C13H17N3/c1-9(2)5-6-15-13-7-10(3)16-11(4)12(13)8-14/h5,7H,6H2,1-4H3,(H,15,16). The van der Waals surface area contributed by atoms with Crippen LogP contribution in [0.3, 0.4) is 0 Å². The highest BCUT2D eigenvalue weighted by molar-refractivity contribution is 5.60. The maximum absolute atomic E-state index is 9.05. The minimum Gasteiger partial charge on any atom is -0.380 e. The number of pyridine rings is 1. The van der Waals surface area contributed by atoms with E-state index in [9.17, 15) is 0 Å². The molecule has 1 N–H and O–H groups in total. The van der Waals surface area contributed by atoms with Crippen LogP contribution in [0.5, 0.6) is 0 Å². The molecule has 1 aromatic rings. The Balaban J connectivity index is 2.95. The number of nitrogens with zero attached hydrogens (tertiary/aromatic N) is 2. The fourth-order valence-electron chi connectivity index (χ4n) is 1.47. The summed E-state index contributed by atoms with van der Waals surface area (Å²) in [7, 11) is 0. The van der Waals surface area contributed by atoms with Gasteiger partial charge < -0.3 is 5.32 Å². The first-order valence-corrected chi connectivity index (χ1v) is 5.30. The van der Waals surface area contributed by atoms with E-state index in [0.29, 0.717) is 5.56 Å². The summed E-state index contributed by atoms with van der Waals surface area (Å²) in [5, 5.41) is 12.3. The van der Waals surface area contributed by atoms with E-state index in [0.717, 1.165) is 23.6 Å². The van der Waals surface area contributed by atoms with Gasteiger partial charge in [0, 0.05) is 12.2 Å². The van der Waals surface area contributed by atoms with Crippen LogP contribution in [0.25, 0.3) is 0 Å². The van der Waals surface area contributed by atoms with Gasteiger partial charge in [-0.05, 0) is 33.8 Å².